The predicted molar refractivity (Wildman–Crippen MR) is 132 cm³/mol. The van der Waals surface area contributed by atoms with E-state index >= 15 is 0 Å². The first-order chi connectivity index (χ1) is 17.1. The molecule has 0 aromatic carbocycles. The number of hydrogen-bond acceptors (Lipinski definition) is 9. The van der Waals surface area contributed by atoms with Crippen molar-refractivity contribution in [2.24, 2.45) is 0 Å². The second kappa shape index (κ2) is 16.2. The number of rotatable bonds is 15. The highest BCUT2D eigenvalue weighted by atomic mass is 16.6. The number of hydrogen-bond donors (Lipinski definition) is 0. The van der Waals surface area contributed by atoms with E-state index in [0.29, 0.717) is 6.61 Å². The second-order valence-corrected chi connectivity index (χ2v) is 8.27. The lowest BCUT2D eigenvalue weighted by atomic mass is 9.91. The van der Waals surface area contributed by atoms with Crippen LogP contribution in [0.4, 0.5) is 0 Å². The van der Waals surface area contributed by atoms with Crippen molar-refractivity contribution in [3.05, 3.63) is 48.1 Å². The van der Waals surface area contributed by atoms with Crippen LogP contribution in [0.3, 0.4) is 0 Å². The third kappa shape index (κ3) is 11.8. The van der Waals surface area contributed by atoms with Gasteiger partial charge in [-0.3, -0.25) is 24.0 Å². The maximum atomic E-state index is 12.6. The number of carbonyl (C=O) groups excluding carboxylic acids is 5. The Balaban J connectivity index is 2.87. The number of allylic oxidation sites excluding steroid dienone is 4. The van der Waals surface area contributed by atoms with Gasteiger partial charge in [-0.2, -0.15) is 0 Å². The standard InChI is InChI=1S/C27H36O9/c1-20(28)34-19-10-8-6-5-7-9-17-27(36-22(3)30)18-16-25(31)24(27)13-11-12-23(35-21(2)29)14-15-26(32)33-4/h7,9,11-13,16,18,23H,5-6,8,10,14-15,17,19H2,1-4H3/b9-7-,12-11-,24-13-/t23-,27-/m0/s1. The van der Waals surface area contributed by atoms with Gasteiger partial charge in [-0.25, -0.2) is 0 Å². The summed E-state index contributed by atoms with van der Waals surface area (Å²) in [6, 6.07) is 0. The molecule has 0 aromatic heterocycles. The van der Waals surface area contributed by atoms with Crippen LogP contribution in [0.2, 0.25) is 0 Å². The van der Waals surface area contributed by atoms with Crippen molar-refractivity contribution >= 4 is 29.7 Å². The minimum absolute atomic E-state index is 0.0573. The molecule has 0 spiro atoms. The molecule has 0 N–H and O–H groups in total. The molecule has 0 amide bonds. The summed E-state index contributed by atoms with van der Waals surface area (Å²) in [4.78, 5) is 58.0. The highest BCUT2D eigenvalue weighted by molar-refractivity contribution is 6.09. The van der Waals surface area contributed by atoms with Crippen molar-refractivity contribution in [1.82, 2.24) is 0 Å². The molecule has 0 fully saturated rings. The Morgan fingerprint density at radius 2 is 1.75 bits per heavy atom. The highest BCUT2D eigenvalue weighted by Crippen LogP contribution is 2.34. The summed E-state index contributed by atoms with van der Waals surface area (Å²) in [6.07, 6.45) is 14.7. The first kappa shape index (κ1) is 30.5. The lowest BCUT2D eigenvalue weighted by Crippen LogP contribution is -2.33. The van der Waals surface area contributed by atoms with Gasteiger partial charge in [0.25, 0.3) is 0 Å². The van der Waals surface area contributed by atoms with Crippen molar-refractivity contribution in [3.63, 3.8) is 0 Å². The average molecular weight is 505 g/mol. The van der Waals surface area contributed by atoms with Crippen molar-refractivity contribution in [1.29, 1.82) is 0 Å². The monoisotopic (exact) mass is 504 g/mol. The number of unbranched alkanes of at least 4 members (excludes halogenated alkanes) is 3. The van der Waals surface area contributed by atoms with Crippen LogP contribution in [-0.4, -0.2) is 55.1 Å². The number of carbonyl (C=O) groups is 5. The maximum Gasteiger partial charge on any atom is 0.305 e. The van der Waals surface area contributed by atoms with Crippen molar-refractivity contribution in [3.8, 4) is 0 Å². The maximum absolute atomic E-state index is 12.6. The largest absolute Gasteiger partial charge is 0.469 e. The number of ether oxygens (including phenoxy) is 4. The zero-order valence-electron chi connectivity index (χ0n) is 21.4. The van der Waals surface area contributed by atoms with Crippen LogP contribution in [0, 0.1) is 0 Å². The molecule has 0 aliphatic heterocycles. The molecule has 36 heavy (non-hydrogen) atoms. The van der Waals surface area contributed by atoms with Crippen LogP contribution in [0.15, 0.2) is 48.1 Å². The van der Waals surface area contributed by atoms with Crippen molar-refractivity contribution < 1.29 is 42.9 Å². The van der Waals surface area contributed by atoms with E-state index < -0.39 is 29.6 Å². The van der Waals surface area contributed by atoms with Gasteiger partial charge in [0.05, 0.1) is 13.7 Å². The fraction of sp³-hybridized carbons (Fsp3) is 0.519. The first-order valence-electron chi connectivity index (χ1n) is 11.9. The molecule has 1 aliphatic rings. The Bertz CT molecular complexity index is 910. The Kier molecular flexibility index (Phi) is 13.8. The lowest BCUT2D eigenvalue weighted by Gasteiger charge is -2.27. The molecule has 9 heteroatoms. The summed E-state index contributed by atoms with van der Waals surface area (Å²) >= 11 is 0. The normalized spacial score (nSPS) is 19.1. The van der Waals surface area contributed by atoms with Crippen LogP contribution in [0.1, 0.15) is 65.7 Å². The van der Waals surface area contributed by atoms with Crippen molar-refractivity contribution in [2.75, 3.05) is 13.7 Å². The summed E-state index contributed by atoms with van der Waals surface area (Å²) < 4.78 is 20.3. The number of esters is 4. The molecule has 0 bridgehead atoms. The minimum Gasteiger partial charge on any atom is -0.469 e. The molecule has 0 saturated carbocycles. The summed E-state index contributed by atoms with van der Waals surface area (Å²) in [5, 5.41) is 0. The van der Waals surface area contributed by atoms with E-state index in [2.05, 4.69) is 4.74 Å². The Morgan fingerprint density at radius 1 is 1.00 bits per heavy atom. The molecule has 0 heterocycles. The number of ketones is 1. The topological polar surface area (TPSA) is 122 Å². The smallest absolute Gasteiger partial charge is 0.305 e. The predicted octanol–water partition coefficient (Wildman–Crippen LogP) is 3.86. The Hall–Kier alpha value is -3.49. The summed E-state index contributed by atoms with van der Waals surface area (Å²) in [6.45, 7) is 4.33. The van der Waals surface area contributed by atoms with E-state index in [4.69, 9.17) is 14.2 Å². The third-order valence-electron chi connectivity index (χ3n) is 5.23. The van der Waals surface area contributed by atoms with E-state index in [1.807, 2.05) is 12.2 Å². The molecular weight excluding hydrogens is 468 g/mol. The van der Waals surface area contributed by atoms with Gasteiger partial charge < -0.3 is 18.9 Å². The van der Waals surface area contributed by atoms with Gasteiger partial charge in [-0.1, -0.05) is 24.3 Å². The fourth-order valence-electron chi connectivity index (χ4n) is 3.57. The molecular formula is C27H36O9. The fourth-order valence-corrected chi connectivity index (χ4v) is 3.57. The highest BCUT2D eigenvalue weighted by Gasteiger charge is 2.41. The van der Waals surface area contributed by atoms with Gasteiger partial charge in [0.15, 0.2) is 11.4 Å². The van der Waals surface area contributed by atoms with Crippen LogP contribution in [0.5, 0.6) is 0 Å². The summed E-state index contributed by atoms with van der Waals surface area (Å²) in [5.74, 6) is -2.05. The zero-order valence-corrected chi connectivity index (χ0v) is 21.4. The molecule has 198 valence electrons. The summed E-state index contributed by atoms with van der Waals surface area (Å²) in [5.41, 5.74) is -0.961. The van der Waals surface area contributed by atoms with E-state index in [0.717, 1.165) is 25.7 Å². The van der Waals surface area contributed by atoms with E-state index in [1.54, 1.807) is 18.2 Å². The molecule has 0 aromatic rings. The second-order valence-electron chi connectivity index (χ2n) is 8.27. The quantitative estimate of drug-likeness (QED) is 0.108. The van der Waals surface area contributed by atoms with E-state index in [9.17, 15) is 24.0 Å². The zero-order chi connectivity index (χ0) is 27.0. The van der Waals surface area contributed by atoms with Crippen LogP contribution in [0.25, 0.3) is 0 Å². The third-order valence-corrected chi connectivity index (χ3v) is 5.23. The average Bonchev–Trinajstić information content (AvgIpc) is 3.10. The van der Waals surface area contributed by atoms with Gasteiger partial charge in [0, 0.05) is 39.2 Å². The SMILES string of the molecule is COC(=O)CC[C@H](/C=C\C=C1\C(=O)C=C[C@]1(C/C=C\CCCCCOC(C)=O)OC(C)=O)OC(C)=O. The summed E-state index contributed by atoms with van der Waals surface area (Å²) in [7, 11) is 1.27. The van der Waals surface area contributed by atoms with Gasteiger partial charge >= 0.3 is 23.9 Å². The number of methoxy groups -OCH3 is 1. The van der Waals surface area contributed by atoms with Crippen LogP contribution >= 0.6 is 0 Å². The first-order valence-corrected chi connectivity index (χ1v) is 11.9. The van der Waals surface area contributed by atoms with Crippen LogP contribution in [-0.2, 0) is 42.9 Å². The van der Waals surface area contributed by atoms with E-state index in [1.165, 1.54) is 40.0 Å². The molecule has 0 unspecified atom stereocenters. The molecule has 1 rings (SSSR count). The molecule has 2 atom stereocenters. The minimum atomic E-state index is -1.23. The molecule has 9 nitrogen and oxygen atoms in total. The van der Waals surface area contributed by atoms with Gasteiger partial charge in [-0.05, 0) is 50.3 Å². The van der Waals surface area contributed by atoms with E-state index in [-0.39, 0.29) is 36.6 Å². The van der Waals surface area contributed by atoms with Crippen molar-refractivity contribution in [2.45, 2.75) is 77.4 Å². The van der Waals surface area contributed by atoms with Gasteiger partial charge in [0.2, 0.25) is 0 Å². The molecule has 0 saturated heterocycles. The molecule has 1 aliphatic carbocycles. The van der Waals surface area contributed by atoms with Crippen LogP contribution < -0.4 is 0 Å². The molecule has 0 radical (unpaired) electrons. The Labute approximate surface area is 212 Å². The Morgan fingerprint density at radius 3 is 2.39 bits per heavy atom. The van der Waals surface area contributed by atoms with Gasteiger partial charge in [0.1, 0.15) is 6.10 Å². The van der Waals surface area contributed by atoms with Gasteiger partial charge in [-0.15, -0.1) is 0 Å². The lowest BCUT2D eigenvalue weighted by molar-refractivity contribution is -0.149.